The minimum Gasteiger partial charge on any atom is -0.399 e. The summed E-state index contributed by atoms with van der Waals surface area (Å²) in [5.74, 6) is -7.27. The van der Waals surface area contributed by atoms with Crippen LogP contribution in [-0.4, -0.2) is 19.6 Å². The lowest BCUT2D eigenvalue weighted by Gasteiger charge is -2.27. The predicted octanol–water partition coefficient (Wildman–Crippen LogP) is 7.16. The summed E-state index contributed by atoms with van der Waals surface area (Å²) in [6.45, 7) is 3.06. The Morgan fingerprint density at radius 3 is 1.74 bits per heavy atom. The zero-order valence-electron chi connectivity index (χ0n) is 17.6. The number of rotatable bonds is 4. The molecule has 3 aromatic carbocycles. The second kappa shape index (κ2) is 9.27. The highest BCUT2D eigenvalue weighted by Crippen LogP contribution is 2.36. The third-order valence-corrected chi connectivity index (χ3v) is 5.13. The van der Waals surface area contributed by atoms with Gasteiger partial charge >= 0.3 is 6.36 Å². The van der Waals surface area contributed by atoms with Crippen LogP contribution in [0.15, 0.2) is 48.5 Å². The first-order valence-electron chi connectivity index (χ1n) is 10.1. The summed E-state index contributed by atoms with van der Waals surface area (Å²) in [5, 5.41) is 0. The van der Waals surface area contributed by atoms with Crippen molar-refractivity contribution >= 4 is 0 Å². The summed E-state index contributed by atoms with van der Waals surface area (Å²) in [4.78, 5) is 0. The second-order valence-corrected chi connectivity index (χ2v) is 7.86. The number of alkyl halides is 3. The molecule has 3 aromatic rings. The van der Waals surface area contributed by atoms with Gasteiger partial charge in [0.1, 0.15) is 11.6 Å². The molecule has 0 aliphatic carbocycles. The Bertz CT molecular complexity index is 1140. The first kappa shape index (κ1) is 24.0. The second-order valence-electron chi connectivity index (χ2n) is 7.86. The summed E-state index contributed by atoms with van der Waals surface area (Å²) < 4.78 is 109. The number of ether oxygens (including phenoxy) is 3. The van der Waals surface area contributed by atoms with Crippen molar-refractivity contribution in [3.63, 3.8) is 0 Å². The average Bonchev–Trinajstić information content (AvgIpc) is 2.76. The minimum absolute atomic E-state index is 0.141. The zero-order valence-corrected chi connectivity index (χ0v) is 17.6. The number of halogens is 7. The van der Waals surface area contributed by atoms with Crippen LogP contribution in [0.4, 0.5) is 30.7 Å². The van der Waals surface area contributed by atoms with Gasteiger partial charge in [0.25, 0.3) is 0 Å². The molecule has 0 amide bonds. The molecule has 0 spiro atoms. The van der Waals surface area contributed by atoms with Gasteiger partial charge in [0.2, 0.25) is 5.75 Å². The Kier molecular flexibility index (Phi) is 6.55. The average molecular weight is 486 g/mol. The number of hydrogen-bond acceptors (Lipinski definition) is 3. The van der Waals surface area contributed by atoms with E-state index in [1.807, 2.05) is 6.92 Å². The number of benzene rings is 3. The van der Waals surface area contributed by atoms with E-state index in [1.54, 1.807) is 24.3 Å². The molecule has 0 N–H and O–H groups in total. The smallest absolute Gasteiger partial charge is 0.399 e. The largest absolute Gasteiger partial charge is 0.573 e. The van der Waals surface area contributed by atoms with Crippen LogP contribution in [0.3, 0.4) is 0 Å². The maximum Gasteiger partial charge on any atom is 0.573 e. The molecule has 1 aliphatic heterocycles. The summed E-state index contributed by atoms with van der Waals surface area (Å²) >= 11 is 0. The molecule has 4 rings (SSSR count). The van der Waals surface area contributed by atoms with Gasteiger partial charge in [0.05, 0.1) is 18.8 Å². The van der Waals surface area contributed by atoms with Crippen molar-refractivity contribution in [2.24, 2.45) is 5.92 Å². The van der Waals surface area contributed by atoms with E-state index in [0.717, 1.165) is 17.7 Å². The Morgan fingerprint density at radius 2 is 1.24 bits per heavy atom. The molecule has 1 saturated heterocycles. The van der Waals surface area contributed by atoms with Crippen molar-refractivity contribution in [1.82, 2.24) is 0 Å². The van der Waals surface area contributed by atoms with Crippen molar-refractivity contribution in [2.75, 3.05) is 13.2 Å². The molecule has 0 unspecified atom stereocenters. The third-order valence-electron chi connectivity index (χ3n) is 5.13. The molecule has 0 bridgehead atoms. The third kappa shape index (κ3) is 5.18. The molecular weight excluding hydrogens is 469 g/mol. The minimum atomic E-state index is -5.34. The molecule has 10 heteroatoms. The van der Waals surface area contributed by atoms with E-state index >= 15 is 0 Å². The standard InChI is InChI=1S/C24H17F7O3/c1-12-10-32-23(33-11-12)14-4-2-13(3-5-14)15-6-17(25)21(18(26)7-15)16-8-19(27)22(20(28)9-16)34-24(29,30)31/h2-9,12,23H,10-11H2,1H3. The first-order valence-corrected chi connectivity index (χ1v) is 10.1. The highest BCUT2D eigenvalue weighted by atomic mass is 19.4. The van der Waals surface area contributed by atoms with Gasteiger partial charge in [-0.1, -0.05) is 31.2 Å². The van der Waals surface area contributed by atoms with Gasteiger partial charge in [-0.15, -0.1) is 13.2 Å². The summed E-state index contributed by atoms with van der Waals surface area (Å²) in [6, 6.07) is 9.23. The van der Waals surface area contributed by atoms with E-state index in [0.29, 0.717) is 30.9 Å². The molecule has 34 heavy (non-hydrogen) atoms. The lowest BCUT2D eigenvalue weighted by Crippen LogP contribution is -2.24. The molecule has 0 aromatic heterocycles. The van der Waals surface area contributed by atoms with Crippen LogP contribution in [0.1, 0.15) is 18.8 Å². The normalized spacial score (nSPS) is 18.7. The molecule has 1 heterocycles. The van der Waals surface area contributed by atoms with Gasteiger partial charge in [0, 0.05) is 11.5 Å². The Hall–Kier alpha value is -3.11. The Balaban J connectivity index is 1.62. The molecule has 0 radical (unpaired) electrons. The van der Waals surface area contributed by atoms with Crippen LogP contribution in [0.25, 0.3) is 22.3 Å². The molecule has 0 atom stereocenters. The van der Waals surface area contributed by atoms with E-state index in [1.165, 1.54) is 0 Å². The van der Waals surface area contributed by atoms with Crippen molar-refractivity contribution < 1.29 is 44.9 Å². The van der Waals surface area contributed by atoms with Crippen LogP contribution in [-0.2, 0) is 9.47 Å². The quantitative estimate of drug-likeness (QED) is 0.367. The maximum atomic E-state index is 14.8. The van der Waals surface area contributed by atoms with Gasteiger partial charge in [-0.3, -0.25) is 0 Å². The van der Waals surface area contributed by atoms with Crippen molar-refractivity contribution in [3.8, 4) is 28.0 Å². The van der Waals surface area contributed by atoms with Crippen molar-refractivity contribution in [3.05, 3.63) is 77.4 Å². The van der Waals surface area contributed by atoms with E-state index in [4.69, 9.17) is 9.47 Å². The van der Waals surface area contributed by atoms with E-state index in [9.17, 15) is 30.7 Å². The fourth-order valence-corrected chi connectivity index (χ4v) is 3.56. The Morgan fingerprint density at radius 1 is 0.735 bits per heavy atom. The van der Waals surface area contributed by atoms with Crippen molar-refractivity contribution in [2.45, 2.75) is 19.6 Å². The summed E-state index contributed by atoms with van der Waals surface area (Å²) in [6.07, 6.45) is -5.89. The SMILES string of the molecule is CC1COC(c2ccc(-c3cc(F)c(-c4cc(F)c(OC(F)(F)F)c(F)c4)c(F)c3)cc2)OC1. The van der Waals surface area contributed by atoms with E-state index in [-0.39, 0.29) is 11.5 Å². The fourth-order valence-electron chi connectivity index (χ4n) is 3.56. The summed E-state index contributed by atoms with van der Waals surface area (Å²) in [7, 11) is 0. The molecule has 1 aliphatic rings. The molecule has 3 nitrogen and oxygen atoms in total. The first-order chi connectivity index (χ1) is 16.0. The van der Waals surface area contributed by atoms with Crippen molar-refractivity contribution in [1.29, 1.82) is 0 Å². The van der Waals surface area contributed by atoms with Crippen LogP contribution >= 0.6 is 0 Å². The lowest BCUT2D eigenvalue weighted by molar-refractivity contribution is -0.276. The summed E-state index contributed by atoms with van der Waals surface area (Å²) in [5.41, 5.74) is -0.108. The van der Waals surface area contributed by atoms with Crippen LogP contribution in [0.2, 0.25) is 0 Å². The molecule has 1 fully saturated rings. The van der Waals surface area contributed by atoms with Crippen LogP contribution < -0.4 is 4.74 Å². The van der Waals surface area contributed by atoms with Gasteiger partial charge < -0.3 is 14.2 Å². The highest BCUT2D eigenvalue weighted by Gasteiger charge is 2.34. The van der Waals surface area contributed by atoms with E-state index < -0.39 is 52.8 Å². The van der Waals surface area contributed by atoms with Gasteiger partial charge in [-0.25, -0.2) is 17.6 Å². The fraction of sp³-hybridized carbons (Fsp3) is 0.250. The number of hydrogen-bond donors (Lipinski definition) is 0. The van der Waals surface area contributed by atoms with E-state index in [2.05, 4.69) is 4.74 Å². The predicted molar refractivity (Wildman–Crippen MR) is 108 cm³/mol. The Labute approximate surface area is 189 Å². The monoisotopic (exact) mass is 486 g/mol. The lowest BCUT2D eigenvalue weighted by atomic mass is 9.98. The molecular formula is C24H17F7O3. The van der Waals surface area contributed by atoms with Gasteiger partial charge in [-0.2, -0.15) is 0 Å². The van der Waals surface area contributed by atoms with Crippen LogP contribution in [0.5, 0.6) is 5.75 Å². The highest BCUT2D eigenvalue weighted by molar-refractivity contribution is 5.72. The maximum absolute atomic E-state index is 14.8. The topological polar surface area (TPSA) is 27.7 Å². The van der Waals surface area contributed by atoms with Crippen LogP contribution in [0, 0.1) is 29.2 Å². The zero-order chi connectivity index (χ0) is 24.6. The molecule has 0 saturated carbocycles. The van der Waals surface area contributed by atoms with Gasteiger partial charge in [-0.05, 0) is 41.0 Å². The van der Waals surface area contributed by atoms with Gasteiger partial charge in [0.15, 0.2) is 17.9 Å². The molecule has 180 valence electrons.